The largest absolute Gasteiger partial charge is 0.454 e. The number of hydrogen-bond donors (Lipinski definition) is 2. The molecule has 0 aliphatic carbocycles. The van der Waals surface area contributed by atoms with E-state index in [-0.39, 0.29) is 18.9 Å². The van der Waals surface area contributed by atoms with Crippen molar-refractivity contribution in [1.29, 1.82) is 0 Å². The van der Waals surface area contributed by atoms with Gasteiger partial charge in [-0.05, 0) is 31.0 Å². The third kappa shape index (κ3) is 4.15. The third-order valence-electron chi connectivity index (χ3n) is 3.56. The molecule has 0 bridgehead atoms. The maximum atomic E-state index is 11.9. The number of aromatic nitrogens is 2. The lowest BCUT2D eigenvalue weighted by Gasteiger charge is -2.15. The van der Waals surface area contributed by atoms with Gasteiger partial charge in [0.15, 0.2) is 11.5 Å². The third-order valence-corrected chi connectivity index (χ3v) is 3.56. The van der Waals surface area contributed by atoms with Crippen molar-refractivity contribution in [3.8, 4) is 11.5 Å². The highest BCUT2D eigenvalue weighted by Crippen LogP contribution is 2.32. The lowest BCUT2D eigenvalue weighted by atomic mass is 10.1. The number of nitrogens with zero attached hydrogens (tertiary/aromatic N) is 2. The van der Waals surface area contributed by atoms with Crippen molar-refractivity contribution in [2.45, 2.75) is 25.9 Å². The Balaban J connectivity index is 1.39. The molecule has 1 aliphatic heterocycles. The van der Waals surface area contributed by atoms with Crippen LogP contribution in [0.2, 0.25) is 0 Å². The molecule has 0 spiro atoms. The monoisotopic (exact) mass is 316 g/mol. The highest BCUT2D eigenvalue weighted by atomic mass is 16.7. The summed E-state index contributed by atoms with van der Waals surface area (Å²) in [4.78, 5) is 15.8. The van der Waals surface area contributed by atoms with Crippen LogP contribution in [0.25, 0.3) is 0 Å². The Kier molecular flexibility index (Phi) is 4.65. The first-order valence-corrected chi connectivity index (χ1v) is 7.59. The topological polar surface area (TPSA) is 77.4 Å². The Morgan fingerprint density at radius 2 is 2.26 bits per heavy atom. The molecule has 2 heterocycles. The van der Waals surface area contributed by atoms with Crippen LogP contribution in [0.5, 0.6) is 11.5 Å². The lowest BCUT2D eigenvalue weighted by molar-refractivity contribution is 0.174. The average molecular weight is 316 g/mol. The molecule has 2 N–H and O–H groups in total. The van der Waals surface area contributed by atoms with E-state index in [9.17, 15) is 4.79 Å². The van der Waals surface area contributed by atoms with Crippen molar-refractivity contribution in [2.75, 3.05) is 13.3 Å². The fourth-order valence-corrected chi connectivity index (χ4v) is 2.45. The van der Waals surface area contributed by atoms with E-state index in [1.54, 1.807) is 12.5 Å². The van der Waals surface area contributed by atoms with Crippen LogP contribution >= 0.6 is 0 Å². The molecule has 0 saturated carbocycles. The molecule has 7 nitrogen and oxygen atoms in total. The first-order chi connectivity index (χ1) is 11.2. The Labute approximate surface area is 134 Å². The summed E-state index contributed by atoms with van der Waals surface area (Å²) in [5, 5.41) is 5.77. The maximum absolute atomic E-state index is 11.9. The minimum Gasteiger partial charge on any atom is -0.454 e. The Bertz CT molecular complexity index is 657. The molecule has 1 atom stereocenters. The maximum Gasteiger partial charge on any atom is 0.315 e. The summed E-state index contributed by atoms with van der Waals surface area (Å²) < 4.78 is 12.5. The summed E-state index contributed by atoms with van der Waals surface area (Å²) in [7, 11) is 0. The molecule has 0 radical (unpaired) electrons. The van der Waals surface area contributed by atoms with Crippen molar-refractivity contribution < 1.29 is 14.3 Å². The van der Waals surface area contributed by atoms with Crippen LogP contribution in [-0.2, 0) is 13.0 Å². The quantitative estimate of drug-likeness (QED) is 0.847. The van der Waals surface area contributed by atoms with Gasteiger partial charge in [-0.1, -0.05) is 6.07 Å². The number of rotatable bonds is 6. The van der Waals surface area contributed by atoms with E-state index in [4.69, 9.17) is 9.47 Å². The van der Waals surface area contributed by atoms with Crippen LogP contribution in [-0.4, -0.2) is 35.0 Å². The van der Waals surface area contributed by atoms with Crippen LogP contribution in [0, 0.1) is 0 Å². The van der Waals surface area contributed by atoms with E-state index in [1.807, 2.05) is 35.9 Å². The first-order valence-electron chi connectivity index (χ1n) is 7.59. The molecule has 0 saturated heterocycles. The number of carbonyl (C=O) groups excluding carboxylic acids is 1. The van der Waals surface area contributed by atoms with Gasteiger partial charge in [0.2, 0.25) is 6.79 Å². The normalized spacial score (nSPS) is 13.6. The molecule has 23 heavy (non-hydrogen) atoms. The van der Waals surface area contributed by atoms with Crippen molar-refractivity contribution >= 4 is 6.03 Å². The van der Waals surface area contributed by atoms with E-state index < -0.39 is 0 Å². The molecule has 2 amide bonds. The molecular formula is C16H20N4O3. The van der Waals surface area contributed by atoms with Gasteiger partial charge in [-0.2, -0.15) is 0 Å². The van der Waals surface area contributed by atoms with Gasteiger partial charge in [0.25, 0.3) is 0 Å². The van der Waals surface area contributed by atoms with Crippen molar-refractivity contribution in [3.63, 3.8) is 0 Å². The van der Waals surface area contributed by atoms with Gasteiger partial charge >= 0.3 is 6.03 Å². The van der Waals surface area contributed by atoms with Crippen LogP contribution in [0.4, 0.5) is 4.79 Å². The number of imidazole rings is 1. The zero-order valence-corrected chi connectivity index (χ0v) is 13.0. The van der Waals surface area contributed by atoms with Gasteiger partial charge in [-0.3, -0.25) is 0 Å². The molecule has 0 unspecified atom stereocenters. The lowest BCUT2D eigenvalue weighted by Crippen LogP contribution is -2.43. The fraction of sp³-hybridized carbons (Fsp3) is 0.375. The molecular weight excluding hydrogens is 296 g/mol. The van der Waals surface area contributed by atoms with Gasteiger partial charge in [0.05, 0.1) is 6.33 Å². The highest BCUT2D eigenvalue weighted by molar-refractivity contribution is 5.74. The molecule has 122 valence electrons. The van der Waals surface area contributed by atoms with Crippen LogP contribution in [0.15, 0.2) is 36.9 Å². The second-order valence-electron chi connectivity index (χ2n) is 5.50. The minimum absolute atomic E-state index is 0.0229. The molecule has 0 fully saturated rings. The molecule has 1 aliphatic rings. The van der Waals surface area contributed by atoms with E-state index in [0.717, 1.165) is 23.5 Å². The van der Waals surface area contributed by atoms with Crippen molar-refractivity contribution in [3.05, 3.63) is 42.5 Å². The summed E-state index contributed by atoms with van der Waals surface area (Å²) in [6.45, 7) is 3.48. The van der Waals surface area contributed by atoms with Crippen LogP contribution in [0.1, 0.15) is 12.5 Å². The number of carbonyl (C=O) groups is 1. The Hall–Kier alpha value is -2.70. The summed E-state index contributed by atoms with van der Waals surface area (Å²) in [6.07, 6.45) is 6.06. The fourth-order valence-electron chi connectivity index (χ4n) is 2.45. The number of nitrogens with one attached hydrogen (secondary N) is 2. The smallest absolute Gasteiger partial charge is 0.315 e. The van der Waals surface area contributed by atoms with E-state index in [1.165, 1.54) is 0 Å². The SMILES string of the molecule is C[C@@H](Cn1ccnc1)NC(=O)NCCc1ccc2c(c1)OCO2. The van der Waals surface area contributed by atoms with Crippen LogP contribution in [0.3, 0.4) is 0 Å². The second kappa shape index (κ2) is 7.04. The minimum atomic E-state index is -0.168. The summed E-state index contributed by atoms with van der Waals surface area (Å²) >= 11 is 0. The van der Waals surface area contributed by atoms with Gasteiger partial charge in [-0.25, -0.2) is 9.78 Å². The van der Waals surface area contributed by atoms with E-state index >= 15 is 0 Å². The summed E-state index contributed by atoms with van der Waals surface area (Å²) in [6, 6.07) is 5.68. The number of fused-ring (bicyclic) bond motifs is 1. The second-order valence-corrected chi connectivity index (χ2v) is 5.50. The number of benzene rings is 1. The zero-order valence-electron chi connectivity index (χ0n) is 13.0. The molecule has 1 aromatic heterocycles. The van der Waals surface area contributed by atoms with Gasteiger partial charge in [0, 0.05) is 31.5 Å². The molecule has 3 rings (SSSR count). The average Bonchev–Trinajstić information content (AvgIpc) is 3.17. The standard InChI is InChI=1S/C16H20N4O3/c1-12(9-20-7-6-17-10-20)19-16(21)18-5-4-13-2-3-14-15(8-13)23-11-22-14/h2-3,6-8,10,12H,4-5,9,11H2,1H3,(H2,18,19,21)/t12-/m0/s1. The van der Waals surface area contributed by atoms with E-state index in [0.29, 0.717) is 13.1 Å². The number of urea groups is 1. The first kappa shape index (κ1) is 15.2. The van der Waals surface area contributed by atoms with Gasteiger partial charge in [-0.15, -0.1) is 0 Å². The highest BCUT2D eigenvalue weighted by Gasteiger charge is 2.13. The number of amides is 2. The molecule has 1 aromatic carbocycles. The number of hydrogen-bond acceptors (Lipinski definition) is 4. The number of ether oxygens (including phenoxy) is 2. The Morgan fingerprint density at radius 1 is 1.39 bits per heavy atom. The van der Waals surface area contributed by atoms with E-state index in [2.05, 4.69) is 15.6 Å². The molecule has 7 heteroatoms. The summed E-state index contributed by atoms with van der Waals surface area (Å²) in [5.41, 5.74) is 1.10. The predicted molar refractivity (Wildman–Crippen MR) is 84.5 cm³/mol. The Morgan fingerprint density at radius 3 is 3.09 bits per heavy atom. The zero-order chi connectivity index (χ0) is 16.1. The predicted octanol–water partition coefficient (Wildman–Crippen LogP) is 1.54. The van der Waals surface area contributed by atoms with Crippen molar-refractivity contribution in [2.24, 2.45) is 0 Å². The van der Waals surface area contributed by atoms with Crippen molar-refractivity contribution in [1.82, 2.24) is 20.2 Å². The van der Waals surface area contributed by atoms with Crippen LogP contribution < -0.4 is 20.1 Å². The van der Waals surface area contributed by atoms with Gasteiger partial charge < -0.3 is 24.7 Å². The molecule has 2 aromatic rings. The van der Waals surface area contributed by atoms with Gasteiger partial charge in [0.1, 0.15) is 0 Å². The summed E-state index contributed by atoms with van der Waals surface area (Å²) in [5.74, 6) is 1.54.